The van der Waals surface area contributed by atoms with Crippen LogP contribution in [0.25, 0.3) is 0 Å². The van der Waals surface area contributed by atoms with Crippen LogP contribution in [-0.2, 0) is 10.3 Å². The minimum absolute atomic E-state index is 0.0777. The van der Waals surface area contributed by atoms with Crippen LogP contribution in [0.1, 0.15) is 0 Å². The Bertz CT molecular complexity index is 737. The van der Waals surface area contributed by atoms with Gasteiger partial charge in [-0.2, -0.15) is 12.8 Å². The smallest absolute Gasteiger partial charge is 0.375 e. The first kappa shape index (κ1) is 16.0. The maximum Gasteiger partial charge on any atom is 0.375 e. The summed E-state index contributed by atoms with van der Waals surface area (Å²) in [5.41, 5.74) is 2.80. The fourth-order valence-electron chi connectivity index (χ4n) is 1.84. The van der Waals surface area contributed by atoms with Gasteiger partial charge in [-0.1, -0.05) is 23.8 Å². The van der Waals surface area contributed by atoms with E-state index in [1.165, 1.54) is 24.8 Å². The number of hydrogen-bond acceptors (Lipinski definition) is 6. The van der Waals surface area contributed by atoms with Gasteiger partial charge >= 0.3 is 10.3 Å². The molecule has 0 radical (unpaired) electrons. The van der Waals surface area contributed by atoms with Crippen molar-refractivity contribution in [1.82, 2.24) is 5.59 Å². The zero-order chi connectivity index (χ0) is 16.2. The number of nitrogens with one attached hydrogen (secondary N) is 2. The Morgan fingerprint density at radius 1 is 1.09 bits per heavy atom. The minimum Gasteiger partial charge on any atom is -0.494 e. The maximum atomic E-state index is 11.2. The molecule has 2 aromatic carbocycles. The van der Waals surface area contributed by atoms with E-state index in [9.17, 15) is 8.42 Å². The van der Waals surface area contributed by atoms with Crippen molar-refractivity contribution in [1.29, 1.82) is 0 Å². The van der Waals surface area contributed by atoms with Gasteiger partial charge in [0.25, 0.3) is 0 Å². The van der Waals surface area contributed by atoms with Gasteiger partial charge in [0.2, 0.25) is 0 Å². The van der Waals surface area contributed by atoms with E-state index in [1.807, 2.05) is 30.3 Å². The average Bonchev–Trinajstić information content (AvgIpc) is 2.49. The van der Waals surface area contributed by atoms with Crippen molar-refractivity contribution >= 4 is 27.4 Å². The van der Waals surface area contributed by atoms with Crippen molar-refractivity contribution in [3.8, 4) is 5.75 Å². The second-order valence-corrected chi connectivity index (χ2v) is 5.48. The molecule has 0 saturated heterocycles. The normalized spacial score (nSPS) is 11.0. The van der Waals surface area contributed by atoms with Crippen LogP contribution in [0.15, 0.2) is 48.5 Å². The van der Waals surface area contributed by atoms with E-state index in [2.05, 4.69) is 5.32 Å². The average molecular weight is 325 g/mol. The van der Waals surface area contributed by atoms with E-state index in [4.69, 9.17) is 14.5 Å². The molecular weight excluding hydrogens is 310 g/mol. The summed E-state index contributed by atoms with van der Waals surface area (Å²) in [6.07, 6.45) is 0. The van der Waals surface area contributed by atoms with E-state index >= 15 is 0 Å². The molecule has 8 nitrogen and oxygen atoms in total. The first-order chi connectivity index (χ1) is 10.5. The summed E-state index contributed by atoms with van der Waals surface area (Å²) in [6.45, 7) is 0. The van der Waals surface area contributed by atoms with Gasteiger partial charge in [0.1, 0.15) is 11.4 Å². The summed E-state index contributed by atoms with van der Waals surface area (Å²) in [4.78, 5) is 0. The monoisotopic (exact) mass is 325 g/mol. The van der Waals surface area contributed by atoms with Gasteiger partial charge in [-0.15, -0.1) is 0 Å². The molecular formula is C13H15N3O5S. The number of para-hydroxylation sites is 1. The van der Waals surface area contributed by atoms with Crippen molar-refractivity contribution in [2.24, 2.45) is 0 Å². The molecule has 0 spiro atoms. The Hall–Kier alpha value is -2.33. The molecule has 2 rings (SSSR count). The van der Waals surface area contributed by atoms with Gasteiger partial charge in [-0.25, -0.2) is 0 Å². The van der Waals surface area contributed by atoms with Crippen molar-refractivity contribution in [2.45, 2.75) is 0 Å². The van der Waals surface area contributed by atoms with Gasteiger partial charge < -0.3 is 10.1 Å². The second kappa shape index (κ2) is 6.62. The van der Waals surface area contributed by atoms with Crippen LogP contribution < -0.4 is 20.1 Å². The third kappa shape index (κ3) is 3.65. The van der Waals surface area contributed by atoms with Gasteiger partial charge in [-0.05, 0) is 24.3 Å². The highest BCUT2D eigenvalue weighted by Gasteiger charge is 2.23. The first-order valence-corrected chi connectivity index (χ1v) is 7.53. The number of ether oxygens (including phenoxy) is 1. The SMILES string of the molecule is COc1cc(Nc2ccccc2)ccc1N(NO)S(=O)(=O)O. The van der Waals surface area contributed by atoms with E-state index in [0.717, 1.165) is 5.69 Å². The molecule has 0 fully saturated rings. The number of rotatable bonds is 6. The summed E-state index contributed by atoms with van der Waals surface area (Å²) < 4.78 is 36.7. The standard InChI is InChI=1S/C13H15N3O5S/c1-21-13-9-11(14-10-5-3-2-4-6-10)7-8-12(13)16(15-17)22(18,19)20/h2-9,14-15,17H,1H3,(H,18,19,20). The molecule has 0 aliphatic carbocycles. The van der Waals surface area contributed by atoms with E-state index in [-0.39, 0.29) is 15.9 Å². The molecule has 0 aliphatic rings. The number of methoxy groups -OCH3 is 1. The molecule has 0 aliphatic heterocycles. The predicted molar refractivity (Wildman–Crippen MR) is 81.7 cm³/mol. The molecule has 0 saturated carbocycles. The molecule has 0 unspecified atom stereocenters. The third-order valence-corrected chi connectivity index (χ3v) is 3.52. The highest BCUT2D eigenvalue weighted by atomic mass is 32.2. The zero-order valence-corrected chi connectivity index (χ0v) is 12.4. The van der Waals surface area contributed by atoms with Crippen LogP contribution >= 0.6 is 0 Å². The molecule has 4 N–H and O–H groups in total. The summed E-state index contributed by atoms with van der Waals surface area (Å²) in [5.74, 6) is 0.125. The van der Waals surface area contributed by atoms with Crippen LogP contribution in [0.4, 0.5) is 17.1 Å². The highest BCUT2D eigenvalue weighted by Crippen LogP contribution is 2.32. The summed E-state index contributed by atoms with van der Waals surface area (Å²) >= 11 is 0. The van der Waals surface area contributed by atoms with Crippen LogP contribution in [0, 0.1) is 0 Å². The van der Waals surface area contributed by atoms with E-state index in [0.29, 0.717) is 5.69 Å². The molecule has 0 atom stereocenters. The molecule has 0 heterocycles. The van der Waals surface area contributed by atoms with Crippen molar-refractivity contribution in [3.05, 3.63) is 48.5 Å². The van der Waals surface area contributed by atoms with Gasteiger partial charge in [0.15, 0.2) is 0 Å². The predicted octanol–water partition coefficient (Wildman–Crippen LogP) is 1.94. The Labute approximate surface area is 127 Å². The third-order valence-electron chi connectivity index (χ3n) is 2.78. The van der Waals surface area contributed by atoms with Gasteiger partial charge in [0, 0.05) is 17.4 Å². The number of anilines is 3. The lowest BCUT2D eigenvalue weighted by atomic mass is 10.2. The van der Waals surface area contributed by atoms with Crippen molar-refractivity contribution in [3.63, 3.8) is 0 Å². The van der Waals surface area contributed by atoms with Gasteiger partial charge in [-0.3, -0.25) is 9.76 Å². The number of hydrazine groups is 1. The summed E-state index contributed by atoms with van der Waals surface area (Å²) in [6, 6.07) is 13.8. The van der Waals surface area contributed by atoms with Crippen LogP contribution in [0.5, 0.6) is 5.75 Å². The lowest BCUT2D eigenvalue weighted by Gasteiger charge is -2.20. The molecule has 9 heteroatoms. The second-order valence-electron chi connectivity index (χ2n) is 4.22. The van der Waals surface area contributed by atoms with Crippen LogP contribution in [0.3, 0.4) is 0 Å². The van der Waals surface area contributed by atoms with Crippen LogP contribution in [0.2, 0.25) is 0 Å². The lowest BCUT2D eigenvalue weighted by molar-refractivity contribution is 0.170. The molecule has 22 heavy (non-hydrogen) atoms. The van der Waals surface area contributed by atoms with Crippen molar-refractivity contribution in [2.75, 3.05) is 16.8 Å². The Morgan fingerprint density at radius 3 is 2.32 bits per heavy atom. The molecule has 118 valence electrons. The Balaban J connectivity index is 2.36. The van der Waals surface area contributed by atoms with Crippen molar-refractivity contribution < 1.29 is 22.9 Å². The topological polar surface area (TPSA) is 111 Å². The lowest BCUT2D eigenvalue weighted by Crippen LogP contribution is -2.40. The summed E-state index contributed by atoms with van der Waals surface area (Å²) in [7, 11) is -3.36. The number of hydrogen-bond donors (Lipinski definition) is 4. The quantitative estimate of drug-likeness (QED) is 0.474. The van der Waals surface area contributed by atoms with E-state index < -0.39 is 10.3 Å². The highest BCUT2D eigenvalue weighted by molar-refractivity contribution is 7.87. The molecule has 0 bridgehead atoms. The van der Waals surface area contributed by atoms with Gasteiger partial charge in [0.05, 0.1) is 7.11 Å². The molecule has 0 amide bonds. The molecule has 0 aromatic heterocycles. The largest absolute Gasteiger partial charge is 0.494 e. The fraction of sp³-hybridized carbons (Fsp3) is 0.0769. The maximum absolute atomic E-state index is 11.2. The Kier molecular flexibility index (Phi) is 4.83. The summed E-state index contributed by atoms with van der Waals surface area (Å²) in [5, 5.41) is 12.0. The number of nitrogens with zero attached hydrogens (tertiary/aromatic N) is 1. The molecule has 2 aromatic rings. The first-order valence-electron chi connectivity index (χ1n) is 6.13. The van der Waals surface area contributed by atoms with Crippen LogP contribution in [-0.4, -0.2) is 25.3 Å². The Morgan fingerprint density at radius 2 is 1.77 bits per heavy atom. The number of benzene rings is 2. The zero-order valence-electron chi connectivity index (χ0n) is 11.6. The fourth-order valence-corrected chi connectivity index (χ4v) is 2.34. The van der Waals surface area contributed by atoms with E-state index in [1.54, 1.807) is 6.07 Å². The minimum atomic E-state index is -4.70.